The minimum absolute atomic E-state index is 0.0151. The van der Waals surface area contributed by atoms with Crippen molar-refractivity contribution in [3.05, 3.63) is 70.8 Å². The van der Waals surface area contributed by atoms with E-state index in [1.54, 1.807) is 0 Å². The lowest BCUT2D eigenvalue weighted by atomic mass is 10.0. The highest BCUT2D eigenvalue weighted by Crippen LogP contribution is 2.27. The van der Waals surface area contributed by atoms with Crippen LogP contribution in [0.25, 0.3) is 21.9 Å². The highest BCUT2D eigenvalue weighted by atomic mass is 16.1. The summed E-state index contributed by atoms with van der Waals surface area (Å²) in [6, 6.07) is 16.7. The van der Waals surface area contributed by atoms with Gasteiger partial charge in [0.15, 0.2) is 0 Å². The smallest absolute Gasteiger partial charge is 0.326 e. The van der Waals surface area contributed by atoms with Gasteiger partial charge in [-0.2, -0.15) is 0 Å². The molecule has 2 aromatic heterocycles. The lowest BCUT2D eigenvalue weighted by molar-refractivity contribution is 0.180. The SMILES string of the molecule is O=c1[nH]c2ccccc2n1C1CCN(Cc2c[nH]c3ccccc23)CC1. The summed E-state index contributed by atoms with van der Waals surface area (Å²) in [6.07, 6.45) is 4.13. The third-order valence-electron chi connectivity index (χ3n) is 5.62. The topological polar surface area (TPSA) is 56.8 Å². The molecule has 5 nitrogen and oxygen atoms in total. The molecule has 5 rings (SSSR count). The third kappa shape index (κ3) is 2.56. The number of imidazole rings is 1. The highest BCUT2D eigenvalue weighted by molar-refractivity contribution is 5.83. The molecule has 1 aliphatic heterocycles. The Bertz CT molecular complexity index is 1110. The van der Waals surface area contributed by atoms with Crippen LogP contribution in [-0.2, 0) is 6.54 Å². The average molecular weight is 346 g/mol. The fourth-order valence-electron chi connectivity index (χ4n) is 4.28. The summed E-state index contributed by atoms with van der Waals surface area (Å²) < 4.78 is 1.96. The van der Waals surface area contributed by atoms with E-state index in [-0.39, 0.29) is 11.7 Å². The molecule has 132 valence electrons. The van der Waals surface area contributed by atoms with E-state index in [1.165, 1.54) is 16.5 Å². The van der Waals surface area contributed by atoms with Gasteiger partial charge in [-0.3, -0.25) is 9.47 Å². The van der Waals surface area contributed by atoms with E-state index < -0.39 is 0 Å². The molecule has 0 bridgehead atoms. The van der Waals surface area contributed by atoms with Gasteiger partial charge in [-0.15, -0.1) is 0 Å². The van der Waals surface area contributed by atoms with Crippen LogP contribution in [0.2, 0.25) is 0 Å². The molecule has 2 aromatic carbocycles. The Labute approximate surface area is 151 Å². The van der Waals surface area contributed by atoms with Crippen molar-refractivity contribution in [2.75, 3.05) is 13.1 Å². The standard InChI is InChI=1S/C21H22N4O/c26-21-23-19-7-3-4-8-20(19)25(21)16-9-11-24(12-10-16)14-15-13-22-18-6-2-1-5-17(15)18/h1-8,13,16,22H,9-12,14H2,(H,23,26). The van der Waals surface area contributed by atoms with Crippen molar-refractivity contribution in [2.45, 2.75) is 25.4 Å². The van der Waals surface area contributed by atoms with E-state index in [2.05, 4.69) is 45.3 Å². The lowest BCUT2D eigenvalue weighted by Crippen LogP contribution is -2.36. The number of rotatable bonds is 3. The molecule has 2 N–H and O–H groups in total. The van der Waals surface area contributed by atoms with Crippen LogP contribution < -0.4 is 5.69 Å². The molecule has 0 spiro atoms. The van der Waals surface area contributed by atoms with Crippen LogP contribution in [0.1, 0.15) is 24.4 Å². The number of piperidine rings is 1. The van der Waals surface area contributed by atoms with Crippen LogP contribution >= 0.6 is 0 Å². The molecule has 26 heavy (non-hydrogen) atoms. The summed E-state index contributed by atoms with van der Waals surface area (Å²) in [5.74, 6) is 0. The summed E-state index contributed by atoms with van der Waals surface area (Å²) in [5, 5.41) is 1.31. The molecule has 0 radical (unpaired) electrons. The monoisotopic (exact) mass is 346 g/mol. The van der Waals surface area contributed by atoms with Crippen LogP contribution in [0.15, 0.2) is 59.5 Å². The Hall–Kier alpha value is -2.79. The Balaban J connectivity index is 1.33. The number of nitrogens with one attached hydrogen (secondary N) is 2. The van der Waals surface area contributed by atoms with Crippen molar-refractivity contribution in [3.8, 4) is 0 Å². The number of hydrogen-bond acceptors (Lipinski definition) is 2. The van der Waals surface area contributed by atoms with Crippen molar-refractivity contribution < 1.29 is 0 Å². The molecule has 5 heteroatoms. The number of fused-ring (bicyclic) bond motifs is 2. The van der Waals surface area contributed by atoms with Gasteiger partial charge >= 0.3 is 5.69 Å². The molecule has 0 saturated carbocycles. The fourth-order valence-corrected chi connectivity index (χ4v) is 4.28. The van der Waals surface area contributed by atoms with E-state index in [4.69, 9.17) is 0 Å². The first kappa shape index (κ1) is 15.5. The van der Waals surface area contributed by atoms with Crippen LogP contribution in [0, 0.1) is 0 Å². The van der Waals surface area contributed by atoms with Crippen molar-refractivity contribution in [2.24, 2.45) is 0 Å². The minimum Gasteiger partial charge on any atom is -0.361 e. The zero-order valence-electron chi connectivity index (χ0n) is 14.6. The first-order valence-electron chi connectivity index (χ1n) is 9.26. The number of hydrogen-bond donors (Lipinski definition) is 2. The maximum absolute atomic E-state index is 12.4. The van der Waals surface area contributed by atoms with Gasteiger partial charge in [0.05, 0.1) is 11.0 Å². The first-order chi connectivity index (χ1) is 12.8. The molecule has 4 aromatic rings. The molecule has 3 heterocycles. The van der Waals surface area contributed by atoms with Gasteiger partial charge in [0, 0.05) is 42.8 Å². The van der Waals surface area contributed by atoms with E-state index >= 15 is 0 Å². The van der Waals surface area contributed by atoms with Crippen LogP contribution in [-0.4, -0.2) is 32.5 Å². The zero-order valence-corrected chi connectivity index (χ0v) is 14.6. The number of para-hydroxylation sites is 3. The predicted octanol–water partition coefficient (Wildman–Crippen LogP) is 3.65. The van der Waals surface area contributed by atoms with Crippen LogP contribution in [0.5, 0.6) is 0 Å². The molecule has 0 atom stereocenters. The third-order valence-corrected chi connectivity index (χ3v) is 5.62. The van der Waals surface area contributed by atoms with Crippen molar-refractivity contribution >= 4 is 21.9 Å². The van der Waals surface area contributed by atoms with Gasteiger partial charge in [-0.05, 0) is 36.6 Å². The Morgan fingerprint density at radius 1 is 0.962 bits per heavy atom. The summed E-state index contributed by atoms with van der Waals surface area (Å²) in [6.45, 7) is 2.98. The minimum atomic E-state index is 0.0151. The number of likely N-dealkylation sites (tertiary alicyclic amines) is 1. The molecular weight excluding hydrogens is 324 g/mol. The van der Waals surface area contributed by atoms with E-state index in [1.807, 2.05) is 28.8 Å². The predicted molar refractivity (Wildman–Crippen MR) is 104 cm³/mol. The second-order valence-electron chi connectivity index (χ2n) is 7.18. The second-order valence-corrected chi connectivity index (χ2v) is 7.18. The summed E-state index contributed by atoms with van der Waals surface area (Å²) in [4.78, 5) is 21.2. The molecule has 0 aliphatic carbocycles. The quantitative estimate of drug-likeness (QED) is 0.595. The first-order valence-corrected chi connectivity index (χ1v) is 9.26. The Kier molecular flexibility index (Phi) is 3.68. The molecule has 1 aliphatic rings. The largest absolute Gasteiger partial charge is 0.361 e. The fraction of sp³-hybridized carbons (Fsp3) is 0.286. The lowest BCUT2D eigenvalue weighted by Gasteiger charge is -2.32. The van der Waals surface area contributed by atoms with Crippen LogP contribution in [0.3, 0.4) is 0 Å². The van der Waals surface area contributed by atoms with E-state index in [9.17, 15) is 4.79 Å². The number of aromatic nitrogens is 3. The van der Waals surface area contributed by atoms with Gasteiger partial charge in [0.1, 0.15) is 0 Å². The van der Waals surface area contributed by atoms with Gasteiger partial charge in [-0.25, -0.2) is 4.79 Å². The molecule has 1 saturated heterocycles. The summed E-state index contributed by atoms with van der Waals surface area (Å²) in [5.41, 5.74) is 4.51. The number of nitrogens with zero attached hydrogens (tertiary/aromatic N) is 2. The van der Waals surface area contributed by atoms with Gasteiger partial charge < -0.3 is 9.97 Å². The highest BCUT2D eigenvalue weighted by Gasteiger charge is 2.23. The van der Waals surface area contributed by atoms with Crippen molar-refractivity contribution in [1.29, 1.82) is 0 Å². The molecule has 1 fully saturated rings. The average Bonchev–Trinajstić information content (AvgIpc) is 3.23. The van der Waals surface area contributed by atoms with Crippen molar-refractivity contribution in [3.63, 3.8) is 0 Å². The van der Waals surface area contributed by atoms with Gasteiger partial charge in [0.2, 0.25) is 0 Å². The van der Waals surface area contributed by atoms with Crippen molar-refractivity contribution in [1.82, 2.24) is 19.4 Å². The number of H-pyrrole nitrogens is 2. The van der Waals surface area contributed by atoms with Crippen LogP contribution in [0.4, 0.5) is 0 Å². The molecular formula is C21H22N4O. The van der Waals surface area contributed by atoms with Gasteiger partial charge in [0.25, 0.3) is 0 Å². The molecule has 0 amide bonds. The molecule has 0 unspecified atom stereocenters. The maximum Gasteiger partial charge on any atom is 0.326 e. The second kappa shape index (κ2) is 6.18. The number of aromatic amines is 2. The Morgan fingerprint density at radius 2 is 1.69 bits per heavy atom. The Morgan fingerprint density at radius 3 is 2.54 bits per heavy atom. The maximum atomic E-state index is 12.4. The van der Waals surface area contributed by atoms with E-state index in [0.29, 0.717) is 0 Å². The summed E-state index contributed by atoms with van der Waals surface area (Å²) >= 11 is 0. The summed E-state index contributed by atoms with van der Waals surface area (Å²) in [7, 11) is 0. The number of benzene rings is 2. The normalized spacial score (nSPS) is 16.6. The van der Waals surface area contributed by atoms with E-state index in [0.717, 1.165) is 43.5 Å². The van der Waals surface area contributed by atoms with Gasteiger partial charge in [-0.1, -0.05) is 30.3 Å². The zero-order chi connectivity index (χ0) is 17.5.